The molecule has 1 fully saturated rings. The van der Waals surface area contributed by atoms with Crippen molar-refractivity contribution in [3.63, 3.8) is 0 Å². The van der Waals surface area contributed by atoms with E-state index in [0.717, 1.165) is 36.6 Å². The average Bonchev–Trinajstić information content (AvgIpc) is 2.74. The quantitative estimate of drug-likeness (QED) is 0.652. The molecule has 3 aromatic heterocycles. The molecule has 1 aliphatic carbocycles. The van der Waals surface area contributed by atoms with Crippen molar-refractivity contribution >= 4 is 22.8 Å². The number of rotatable bonds is 5. The molecular weight excluding hydrogens is 390 g/mol. The lowest BCUT2D eigenvalue weighted by atomic mass is 9.91. The lowest BCUT2D eigenvalue weighted by Crippen LogP contribution is -2.36. The van der Waals surface area contributed by atoms with Crippen LogP contribution >= 0.6 is 0 Å². The van der Waals surface area contributed by atoms with Gasteiger partial charge in [-0.2, -0.15) is 4.98 Å². The second-order valence-corrected chi connectivity index (χ2v) is 8.88. The summed E-state index contributed by atoms with van der Waals surface area (Å²) < 4.78 is 1.73. The van der Waals surface area contributed by atoms with Gasteiger partial charge < -0.3 is 16.0 Å². The second-order valence-electron chi connectivity index (χ2n) is 8.88. The number of nitrogens with two attached hydrogens (primary N) is 1. The van der Waals surface area contributed by atoms with Gasteiger partial charge in [0, 0.05) is 47.0 Å². The topological polar surface area (TPSA) is 102 Å². The lowest BCUT2D eigenvalue weighted by Gasteiger charge is -2.33. The van der Waals surface area contributed by atoms with E-state index in [-0.39, 0.29) is 11.6 Å². The number of pyridine rings is 2. The Morgan fingerprint density at radius 1 is 1.13 bits per heavy atom. The third kappa shape index (κ3) is 4.39. The third-order valence-electron chi connectivity index (χ3n) is 6.15. The Kier molecular flexibility index (Phi) is 5.91. The average molecular weight is 422 g/mol. The third-order valence-corrected chi connectivity index (χ3v) is 6.15. The molecule has 0 spiro atoms. The van der Waals surface area contributed by atoms with Crippen LogP contribution in [0.2, 0.25) is 0 Å². The number of anilines is 2. The Hall–Kier alpha value is -3.00. The molecule has 8 heteroatoms. The highest BCUT2D eigenvalue weighted by atomic mass is 16.1. The minimum atomic E-state index is -0.0924. The van der Waals surface area contributed by atoms with Gasteiger partial charge in [0.2, 0.25) is 5.95 Å². The minimum absolute atomic E-state index is 0.0463. The Labute approximate surface area is 182 Å². The molecule has 31 heavy (non-hydrogen) atoms. The number of hydrogen-bond acceptors (Lipinski definition) is 7. The van der Waals surface area contributed by atoms with Crippen molar-refractivity contribution in [2.45, 2.75) is 57.7 Å². The Morgan fingerprint density at radius 3 is 2.48 bits per heavy atom. The van der Waals surface area contributed by atoms with E-state index in [0.29, 0.717) is 35.1 Å². The van der Waals surface area contributed by atoms with Crippen LogP contribution in [0.5, 0.6) is 0 Å². The van der Waals surface area contributed by atoms with Crippen LogP contribution < -0.4 is 16.6 Å². The standard InChI is InChI=1S/C23H31N7O/c1-14(2)30-21-16(11-19(22(30)31)15-5-10-20(24)25-12-15)13-26-23(28-21)27-17-6-8-18(9-7-17)29(3)4/h5,10-14,17-18H,6-9H2,1-4H3,(H2,24,25)(H,26,27,28)/t17-,18-. The maximum Gasteiger partial charge on any atom is 0.260 e. The molecule has 164 valence electrons. The molecule has 1 aliphatic rings. The van der Waals surface area contributed by atoms with Crippen molar-refractivity contribution in [1.29, 1.82) is 0 Å². The predicted octanol–water partition coefficient (Wildman–Crippen LogP) is 3.30. The van der Waals surface area contributed by atoms with Crippen molar-refractivity contribution in [3.8, 4) is 11.1 Å². The Bertz CT molecular complexity index is 1110. The fourth-order valence-electron chi connectivity index (χ4n) is 4.36. The van der Waals surface area contributed by atoms with Crippen LogP contribution in [-0.2, 0) is 0 Å². The number of nitrogen functional groups attached to an aromatic ring is 1. The summed E-state index contributed by atoms with van der Waals surface area (Å²) in [6.07, 6.45) is 7.92. The smallest absolute Gasteiger partial charge is 0.260 e. The minimum Gasteiger partial charge on any atom is -0.384 e. The fraction of sp³-hybridized carbons (Fsp3) is 0.478. The first kappa shape index (κ1) is 21.2. The predicted molar refractivity (Wildman–Crippen MR) is 125 cm³/mol. The number of fused-ring (bicyclic) bond motifs is 1. The molecule has 3 N–H and O–H groups in total. The summed E-state index contributed by atoms with van der Waals surface area (Å²) in [5, 5.41) is 4.31. The molecule has 0 bridgehead atoms. The molecule has 3 heterocycles. The highest BCUT2D eigenvalue weighted by molar-refractivity contribution is 5.81. The monoisotopic (exact) mass is 421 g/mol. The number of nitrogens with one attached hydrogen (secondary N) is 1. The van der Waals surface area contributed by atoms with Crippen LogP contribution in [0, 0.1) is 0 Å². The summed E-state index contributed by atoms with van der Waals surface area (Å²) in [6.45, 7) is 3.98. The summed E-state index contributed by atoms with van der Waals surface area (Å²) in [4.78, 5) is 29.1. The lowest BCUT2D eigenvalue weighted by molar-refractivity contribution is 0.221. The summed E-state index contributed by atoms with van der Waals surface area (Å²) in [5.74, 6) is 1.00. The van der Waals surface area contributed by atoms with Gasteiger partial charge in [-0.05, 0) is 71.8 Å². The van der Waals surface area contributed by atoms with E-state index < -0.39 is 0 Å². The highest BCUT2D eigenvalue weighted by Gasteiger charge is 2.23. The fourth-order valence-corrected chi connectivity index (χ4v) is 4.36. The summed E-state index contributed by atoms with van der Waals surface area (Å²) in [7, 11) is 4.29. The highest BCUT2D eigenvalue weighted by Crippen LogP contribution is 2.25. The van der Waals surface area contributed by atoms with Crippen LogP contribution in [0.1, 0.15) is 45.6 Å². The van der Waals surface area contributed by atoms with Gasteiger partial charge in [-0.1, -0.05) is 0 Å². The first-order valence-electron chi connectivity index (χ1n) is 10.9. The van der Waals surface area contributed by atoms with E-state index in [1.165, 1.54) is 0 Å². The summed E-state index contributed by atoms with van der Waals surface area (Å²) >= 11 is 0. The first-order valence-corrected chi connectivity index (χ1v) is 10.9. The zero-order valence-corrected chi connectivity index (χ0v) is 18.7. The van der Waals surface area contributed by atoms with E-state index in [4.69, 9.17) is 10.7 Å². The van der Waals surface area contributed by atoms with E-state index >= 15 is 0 Å². The molecule has 0 aromatic carbocycles. The Balaban J connectivity index is 1.68. The van der Waals surface area contributed by atoms with E-state index in [9.17, 15) is 4.79 Å². The van der Waals surface area contributed by atoms with Crippen molar-refractivity contribution in [1.82, 2.24) is 24.4 Å². The van der Waals surface area contributed by atoms with Crippen LogP contribution in [0.25, 0.3) is 22.2 Å². The molecule has 0 atom stereocenters. The zero-order chi connectivity index (χ0) is 22.1. The first-order chi connectivity index (χ1) is 14.8. The molecule has 1 saturated carbocycles. The summed E-state index contributed by atoms with van der Waals surface area (Å²) in [5.41, 5.74) is 7.56. The van der Waals surface area contributed by atoms with E-state index in [1.807, 2.05) is 26.0 Å². The molecule has 8 nitrogen and oxygen atoms in total. The maximum atomic E-state index is 13.3. The Morgan fingerprint density at radius 2 is 1.87 bits per heavy atom. The number of aromatic nitrogens is 4. The van der Waals surface area contributed by atoms with Gasteiger partial charge in [-0.3, -0.25) is 9.36 Å². The van der Waals surface area contributed by atoms with Crippen LogP contribution in [-0.4, -0.2) is 50.6 Å². The molecule has 3 aromatic rings. The molecule has 0 aliphatic heterocycles. The normalized spacial score (nSPS) is 19.3. The number of nitrogens with zero attached hydrogens (tertiary/aromatic N) is 5. The molecule has 4 rings (SSSR count). The van der Waals surface area contributed by atoms with Crippen LogP contribution in [0.15, 0.2) is 35.4 Å². The van der Waals surface area contributed by atoms with Crippen molar-refractivity contribution < 1.29 is 0 Å². The van der Waals surface area contributed by atoms with Crippen LogP contribution in [0.3, 0.4) is 0 Å². The second kappa shape index (κ2) is 8.63. The molecule has 0 saturated heterocycles. The molecule has 0 unspecified atom stereocenters. The molecular formula is C23H31N7O. The molecule has 0 radical (unpaired) electrons. The van der Waals surface area contributed by atoms with Crippen molar-refractivity contribution in [2.24, 2.45) is 0 Å². The summed E-state index contributed by atoms with van der Waals surface area (Å²) in [6, 6.07) is 6.31. The van der Waals surface area contributed by atoms with Gasteiger partial charge in [-0.25, -0.2) is 9.97 Å². The zero-order valence-electron chi connectivity index (χ0n) is 18.7. The maximum absolute atomic E-state index is 13.3. The van der Waals surface area contributed by atoms with Crippen molar-refractivity contribution in [3.05, 3.63) is 40.9 Å². The van der Waals surface area contributed by atoms with Gasteiger partial charge in [0.05, 0.1) is 0 Å². The van der Waals surface area contributed by atoms with Gasteiger partial charge in [0.15, 0.2) is 0 Å². The van der Waals surface area contributed by atoms with E-state index in [1.54, 1.807) is 23.0 Å². The van der Waals surface area contributed by atoms with Crippen molar-refractivity contribution in [2.75, 3.05) is 25.1 Å². The van der Waals surface area contributed by atoms with Gasteiger partial charge in [-0.15, -0.1) is 0 Å². The van der Waals surface area contributed by atoms with Crippen LogP contribution in [0.4, 0.5) is 11.8 Å². The van der Waals surface area contributed by atoms with Gasteiger partial charge in [0.1, 0.15) is 11.5 Å². The van der Waals surface area contributed by atoms with Gasteiger partial charge in [0.25, 0.3) is 5.56 Å². The number of hydrogen-bond donors (Lipinski definition) is 2. The van der Waals surface area contributed by atoms with E-state index in [2.05, 4.69) is 34.3 Å². The van der Waals surface area contributed by atoms with Gasteiger partial charge >= 0.3 is 0 Å². The largest absolute Gasteiger partial charge is 0.384 e. The molecule has 0 amide bonds. The SMILES string of the molecule is CC(C)n1c(=O)c(-c2ccc(N)nc2)cc2cnc(N[C@H]3CC[C@H](N(C)C)CC3)nc21.